The standard InChI is InChI=1S/C26H24N2O5/c1-3-32-24(29)17-23(26(31)33-4-2)28(25(30)20-12-6-5-7-13-20)27-18-21-15-10-14-19-11-8-9-16-22(19)21/h5-18H,3-4H2,1-2H3/b23-17-,27-18+. The fourth-order valence-corrected chi connectivity index (χ4v) is 3.12. The van der Waals surface area contributed by atoms with E-state index in [1.807, 2.05) is 42.5 Å². The van der Waals surface area contributed by atoms with Crippen LogP contribution in [0.2, 0.25) is 0 Å². The average Bonchev–Trinajstić information content (AvgIpc) is 2.84. The smallest absolute Gasteiger partial charge is 0.357 e. The molecule has 0 aliphatic carbocycles. The highest BCUT2D eigenvalue weighted by Crippen LogP contribution is 2.19. The molecule has 3 aromatic rings. The highest BCUT2D eigenvalue weighted by molar-refractivity contribution is 6.05. The van der Waals surface area contributed by atoms with E-state index in [2.05, 4.69) is 5.10 Å². The van der Waals surface area contributed by atoms with Gasteiger partial charge in [0, 0.05) is 11.1 Å². The van der Waals surface area contributed by atoms with Crippen LogP contribution in [-0.4, -0.2) is 42.3 Å². The van der Waals surface area contributed by atoms with Crippen molar-refractivity contribution < 1.29 is 23.9 Å². The predicted octanol–water partition coefficient (Wildman–Crippen LogP) is 4.33. The van der Waals surface area contributed by atoms with E-state index in [9.17, 15) is 14.4 Å². The Hall–Kier alpha value is -4.26. The number of ether oxygens (including phenoxy) is 2. The third-order valence-electron chi connectivity index (χ3n) is 4.60. The molecule has 3 aromatic carbocycles. The summed E-state index contributed by atoms with van der Waals surface area (Å²) in [6.07, 6.45) is 2.39. The second kappa shape index (κ2) is 11.4. The average molecular weight is 444 g/mol. The van der Waals surface area contributed by atoms with Crippen LogP contribution in [0.4, 0.5) is 0 Å². The predicted molar refractivity (Wildman–Crippen MR) is 126 cm³/mol. The van der Waals surface area contributed by atoms with Crippen LogP contribution in [0.5, 0.6) is 0 Å². The van der Waals surface area contributed by atoms with Crippen molar-refractivity contribution in [3.8, 4) is 0 Å². The summed E-state index contributed by atoms with van der Waals surface area (Å²) in [4.78, 5) is 38.2. The maximum atomic E-state index is 13.3. The SMILES string of the molecule is CCOC(=O)/C=C(/C(=O)OCC)N(/N=C/c1cccc2ccccc12)C(=O)c1ccccc1. The molecular weight excluding hydrogens is 420 g/mol. The number of carbonyl (C=O) groups excluding carboxylic acids is 3. The number of hydrogen-bond donors (Lipinski definition) is 0. The van der Waals surface area contributed by atoms with Crippen molar-refractivity contribution in [3.63, 3.8) is 0 Å². The van der Waals surface area contributed by atoms with E-state index in [1.54, 1.807) is 44.2 Å². The Morgan fingerprint density at radius 1 is 0.848 bits per heavy atom. The topological polar surface area (TPSA) is 85.3 Å². The molecule has 33 heavy (non-hydrogen) atoms. The summed E-state index contributed by atoms with van der Waals surface area (Å²) < 4.78 is 10.0. The van der Waals surface area contributed by atoms with Gasteiger partial charge in [-0.3, -0.25) is 4.79 Å². The molecule has 7 nitrogen and oxygen atoms in total. The van der Waals surface area contributed by atoms with Crippen molar-refractivity contribution in [1.29, 1.82) is 0 Å². The molecule has 0 atom stereocenters. The Kier molecular flexibility index (Phi) is 8.07. The van der Waals surface area contributed by atoms with Gasteiger partial charge in [0.2, 0.25) is 0 Å². The molecule has 0 bridgehead atoms. The minimum absolute atomic E-state index is 0.0550. The van der Waals surface area contributed by atoms with Gasteiger partial charge < -0.3 is 9.47 Å². The molecule has 7 heteroatoms. The Bertz CT molecular complexity index is 1200. The summed E-state index contributed by atoms with van der Waals surface area (Å²) >= 11 is 0. The zero-order chi connectivity index (χ0) is 23.6. The Balaban J connectivity index is 2.11. The monoisotopic (exact) mass is 444 g/mol. The number of hydrogen-bond acceptors (Lipinski definition) is 6. The number of esters is 2. The number of rotatable bonds is 8. The number of nitrogens with zero attached hydrogens (tertiary/aromatic N) is 2. The third kappa shape index (κ3) is 5.92. The largest absolute Gasteiger partial charge is 0.463 e. The molecule has 168 valence electrons. The zero-order valence-corrected chi connectivity index (χ0v) is 18.4. The second-order valence-corrected chi connectivity index (χ2v) is 6.80. The highest BCUT2D eigenvalue weighted by atomic mass is 16.5. The highest BCUT2D eigenvalue weighted by Gasteiger charge is 2.27. The molecule has 0 saturated carbocycles. The van der Waals surface area contributed by atoms with E-state index in [0.29, 0.717) is 0 Å². The van der Waals surface area contributed by atoms with E-state index < -0.39 is 17.8 Å². The normalized spacial score (nSPS) is 11.4. The number of hydrazone groups is 1. The van der Waals surface area contributed by atoms with E-state index in [-0.39, 0.29) is 24.5 Å². The fraction of sp³-hybridized carbons (Fsp3) is 0.154. The Morgan fingerprint density at radius 3 is 2.24 bits per heavy atom. The van der Waals surface area contributed by atoms with Crippen molar-refractivity contribution in [3.05, 3.63) is 95.7 Å². The van der Waals surface area contributed by atoms with Crippen molar-refractivity contribution in [2.75, 3.05) is 13.2 Å². The lowest BCUT2D eigenvalue weighted by atomic mass is 10.1. The van der Waals surface area contributed by atoms with Gasteiger partial charge in [-0.25, -0.2) is 9.59 Å². The van der Waals surface area contributed by atoms with Gasteiger partial charge in [-0.1, -0.05) is 60.7 Å². The van der Waals surface area contributed by atoms with Gasteiger partial charge in [0.1, 0.15) is 0 Å². The van der Waals surface area contributed by atoms with Crippen LogP contribution in [0.3, 0.4) is 0 Å². The number of amides is 1. The van der Waals surface area contributed by atoms with Crippen molar-refractivity contribution in [1.82, 2.24) is 5.01 Å². The first-order valence-corrected chi connectivity index (χ1v) is 10.5. The van der Waals surface area contributed by atoms with Gasteiger partial charge in [0.15, 0.2) is 5.70 Å². The van der Waals surface area contributed by atoms with Crippen LogP contribution in [0.15, 0.2) is 89.7 Å². The molecule has 0 spiro atoms. The molecule has 0 fully saturated rings. The minimum atomic E-state index is -0.870. The lowest BCUT2D eigenvalue weighted by molar-refractivity contribution is -0.142. The molecule has 0 aromatic heterocycles. The molecule has 0 aliphatic rings. The van der Waals surface area contributed by atoms with Gasteiger partial charge in [-0.2, -0.15) is 10.1 Å². The quantitative estimate of drug-likeness (QED) is 0.223. The van der Waals surface area contributed by atoms with Crippen LogP contribution >= 0.6 is 0 Å². The number of fused-ring (bicyclic) bond motifs is 1. The van der Waals surface area contributed by atoms with E-state index in [0.717, 1.165) is 27.4 Å². The van der Waals surface area contributed by atoms with Crippen LogP contribution in [0.25, 0.3) is 10.8 Å². The van der Waals surface area contributed by atoms with E-state index in [4.69, 9.17) is 9.47 Å². The van der Waals surface area contributed by atoms with Crippen molar-refractivity contribution in [2.45, 2.75) is 13.8 Å². The Labute approximate surface area is 191 Å². The number of benzene rings is 3. The summed E-state index contributed by atoms with van der Waals surface area (Å²) in [5.74, 6) is -2.26. The van der Waals surface area contributed by atoms with Gasteiger partial charge >= 0.3 is 11.9 Å². The minimum Gasteiger partial charge on any atom is -0.463 e. The molecule has 0 saturated heterocycles. The summed E-state index contributed by atoms with van der Waals surface area (Å²) in [6.45, 7) is 3.43. The van der Waals surface area contributed by atoms with E-state index >= 15 is 0 Å². The van der Waals surface area contributed by atoms with Gasteiger partial charge in [-0.05, 0) is 36.8 Å². The van der Waals surface area contributed by atoms with Crippen molar-refractivity contribution >= 4 is 34.8 Å². The molecule has 3 rings (SSSR count). The van der Waals surface area contributed by atoms with Crippen LogP contribution in [0, 0.1) is 0 Å². The van der Waals surface area contributed by atoms with Crippen molar-refractivity contribution in [2.24, 2.45) is 5.10 Å². The van der Waals surface area contributed by atoms with Crippen LogP contribution < -0.4 is 0 Å². The summed E-state index contributed by atoms with van der Waals surface area (Å²) in [7, 11) is 0. The maximum Gasteiger partial charge on any atom is 0.357 e. The maximum absolute atomic E-state index is 13.3. The molecule has 0 radical (unpaired) electrons. The molecule has 1 amide bonds. The number of carbonyl (C=O) groups is 3. The fourth-order valence-electron chi connectivity index (χ4n) is 3.12. The van der Waals surface area contributed by atoms with Crippen LogP contribution in [0.1, 0.15) is 29.8 Å². The summed E-state index contributed by atoms with van der Waals surface area (Å²) in [5.41, 5.74) is 0.672. The first kappa shape index (κ1) is 23.4. The Morgan fingerprint density at radius 2 is 1.52 bits per heavy atom. The van der Waals surface area contributed by atoms with Crippen LogP contribution in [-0.2, 0) is 19.1 Å². The lowest BCUT2D eigenvalue weighted by Gasteiger charge is -2.19. The third-order valence-corrected chi connectivity index (χ3v) is 4.60. The molecule has 0 N–H and O–H groups in total. The van der Waals surface area contributed by atoms with E-state index in [1.165, 1.54) is 6.21 Å². The molecular formula is C26H24N2O5. The van der Waals surface area contributed by atoms with Gasteiger partial charge in [0.25, 0.3) is 5.91 Å². The zero-order valence-electron chi connectivity index (χ0n) is 18.4. The molecule has 0 heterocycles. The first-order chi connectivity index (χ1) is 16.0. The first-order valence-electron chi connectivity index (χ1n) is 10.5. The molecule has 0 aliphatic heterocycles. The van der Waals surface area contributed by atoms with Gasteiger partial charge in [0.05, 0.1) is 25.5 Å². The lowest BCUT2D eigenvalue weighted by Crippen LogP contribution is -2.31. The van der Waals surface area contributed by atoms with Gasteiger partial charge in [-0.15, -0.1) is 0 Å². The molecule has 0 unspecified atom stereocenters. The second-order valence-electron chi connectivity index (χ2n) is 6.80. The summed E-state index contributed by atoms with van der Waals surface area (Å²) in [5, 5.41) is 7.10. The summed E-state index contributed by atoms with van der Waals surface area (Å²) in [6, 6.07) is 21.7.